The fraction of sp³-hybridized carbons (Fsp3) is 0.588. The summed E-state index contributed by atoms with van der Waals surface area (Å²) in [6, 6.07) is 7.78. The summed E-state index contributed by atoms with van der Waals surface area (Å²) < 4.78 is 10.7. The second-order valence-electron chi connectivity index (χ2n) is 6.21. The number of ether oxygens (including phenoxy) is 2. The number of benzene rings is 1. The first-order valence-corrected chi connectivity index (χ1v) is 7.41. The van der Waals surface area contributed by atoms with Gasteiger partial charge in [-0.1, -0.05) is 12.1 Å². The zero-order chi connectivity index (χ0) is 15.9. The lowest BCUT2D eigenvalue weighted by molar-refractivity contribution is -0.160. The van der Waals surface area contributed by atoms with Gasteiger partial charge in [0, 0.05) is 0 Å². The fourth-order valence-corrected chi connectivity index (χ4v) is 2.10. The molecule has 0 amide bonds. The molecular weight excluding hydrogens is 266 g/mol. The molecule has 0 saturated heterocycles. The Hall–Kier alpha value is -1.55. The van der Waals surface area contributed by atoms with Gasteiger partial charge in [-0.05, 0) is 64.3 Å². The third-order valence-corrected chi connectivity index (χ3v) is 3.14. The van der Waals surface area contributed by atoms with Gasteiger partial charge in [-0.3, -0.25) is 4.79 Å². The van der Waals surface area contributed by atoms with Crippen molar-refractivity contribution in [2.75, 3.05) is 13.7 Å². The van der Waals surface area contributed by atoms with Crippen LogP contribution in [0.25, 0.3) is 0 Å². The van der Waals surface area contributed by atoms with Crippen LogP contribution in [0.5, 0.6) is 5.75 Å². The topological polar surface area (TPSA) is 61.5 Å². The predicted octanol–water partition coefficient (Wildman–Crippen LogP) is 2.93. The molecule has 4 heteroatoms. The largest absolute Gasteiger partial charge is 0.497 e. The van der Waals surface area contributed by atoms with Gasteiger partial charge in [0.15, 0.2) is 0 Å². The van der Waals surface area contributed by atoms with Crippen molar-refractivity contribution >= 4 is 5.97 Å². The smallest absolute Gasteiger partial charge is 0.309 e. The molecule has 0 spiro atoms. The fourth-order valence-electron chi connectivity index (χ4n) is 2.10. The maximum atomic E-state index is 12.3. The molecule has 0 heterocycles. The van der Waals surface area contributed by atoms with Gasteiger partial charge in [0.05, 0.1) is 13.0 Å². The van der Waals surface area contributed by atoms with Crippen LogP contribution in [0.15, 0.2) is 24.3 Å². The quantitative estimate of drug-likeness (QED) is 0.785. The molecule has 1 aromatic carbocycles. The Kier molecular flexibility index (Phi) is 6.69. The zero-order valence-electron chi connectivity index (χ0n) is 13.5. The first kappa shape index (κ1) is 17.5. The maximum absolute atomic E-state index is 12.3. The van der Waals surface area contributed by atoms with Crippen LogP contribution in [0.1, 0.15) is 39.2 Å². The van der Waals surface area contributed by atoms with E-state index in [1.807, 2.05) is 45.0 Å². The first-order valence-electron chi connectivity index (χ1n) is 7.41. The van der Waals surface area contributed by atoms with Crippen LogP contribution < -0.4 is 10.5 Å². The minimum atomic E-state index is -0.460. The molecule has 1 unspecified atom stereocenters. The molecular formula is C17H27NO3. The lowest BCUT2D eigenvalue weighted by Crippen LogP contribution is -2.30. The lowest BCUT2D eigenvalue weighted by atomic mass is 9.94. The third kappa shape index (κ3) is 6.63. The van der Waals surface area contributed by atoms with Crippen molar-refractivity contribution in [1.29, 1.82) is 0 Å². The summed E-state index contributed by atoms with van der Waals surface area (Å²) in [5, 5.41) is 0. The Morgan fingerprint density at radius 3 is 2.33 bits per heavy atom. The van der Waals surface area contributed by atoms with Crippen molar-refractivity contribution in [2.45, 2.75) is 45.6 Å². The van der Waals surface area contributed by atoms with Gasteiger partial charge in [0.1, 0.15) is 11.4 Å². The molecule has 1 rings (SSSR count). The number of hydrogen-bond donors (Lipinski definition) is 1. The van der Waals surface area contributed by atoms with Crippen molar-refractivity contribution in [3.63, 3.8) is 0 Å². The van der Waals surface area contributed by atoms with Crippen molar-refractivity contribution in [3.05, 3.63) is 29.8 Å². The first-order chi connectivity index (χ1) is 9.85. The van der Waals surface area contributed by atoms with Gasteiger partial charge in [0.25, 0.3) is 0 Å². The molecule has 0 aliphatic rings. The molecule has 2 N–H and O–H groups in total. The summed E-state index contributed by atoms with van der Waals surface area (Å²) in [5.41, 5.74) is 6.21. The molecule has 21 heavy (non-hydrogen) atoms. The van der Waals surface area contributed by atoms with Crippen LogP contribution in [0.3, 0.4) is 0 Å². The maximum Gasteiger partial charge on any atom is 0.309 e. The second-order valence-corrected chi connectivity index (χ2v) is 6.21. The van der Waals surface area contributed by atoms with Crippen molar-refractivity contribution < 1.29 is 14.3 Å². The Morgan fingerprint density at radius 2 is 1.86 bits per heavy atom. The third-order valence-electron chi connectivity index (χ3n) is 3.14. The molecule has 1 aromatic rings. The molecule has 0 aliphatic heterocycles. The van der Waals surface area contributed by atoms with E-state index in [0.29, 0.717) is 13.0 Å². The molecule has 4 nitrogen and oxygen atoms in total. The molecule has 0 radical (unpaired) electrons. The van der Waals surface area contributed by atoms with Crippen LogP contribution in [-0.2, 0) is 16.0 Å². The van der Waals surface area contributed by atoms with E-state index in [2.05, 4.69) is 0 Å². The molecule has 0 fully saturated rings. The van der Waals surface area contributed by atoms with Gasteiger partial charge >= 0.3 is 5.97 Å². The molecule has 0 aliphatic carbocycles. The van der Waals surface area contributed by atoms with Crippen LogP contribution >= 0.6 is 0 Å². The number of carbonyl (C=O) groups excluding carboxylic acids is 1. The Labute approximate surface area is 127 Å². The zero-order valence-corrected chi connectivity index (χ0v) is 13.5. The highest BCUT2D eigenvalue weighted by molar-refractivity contribution is 5.73. The van der Waals surface area contributed by atoms with Gasteiger partial charge in [0.2, 0.25) is 0 Å². The number of methoxy groups -OCH3 is 1. The monoisotopic (exact) mass is 293 g/mol. The summed E-state index contributed by atoms with van der Waals surface area (Å²) in [4.78, 5) is 12.3. The van der Waals surface area contributed by atoms with Crippen LogP contribution in [0.4, 0.5) is 0 Å². The standard InChI is InChI=1S/C17H27NO3/c1-17(2,3)21-16(19)14(6-5-11-18)12-13-7-9-15(20-4)10-8-13/h7-10,14H,5-6,11-12,18H2,1-4H3. The van der Waals surface area contributed by atoms with E-state index in [-0.39, 0.29) is 11.9 Å². The van der Waals surface area contributed by atoms with Crippen LogP contribution in [0, 0.1) is 5.92 Å². The van der Waals surface area contributed by atoms with E-state index in [0.717, 1.165) is 24.2 Å². The summed E-state index contributed by atoms with van der Waals surface area (Å²) in [5.74, 6) is 0.516. The highest BCUT2D eigenvalue weighted by atomic mass is 16.6. The average molecular weight is 293 g/mol. The van der Waals surface area contributed by atoms with Gasteiger partial charge < -0.3 is 15.2 Å². The normalized spacial score (nSPS) is 12.8. The second kappa shape index (κ2) is 8.03. The molecule has 0 saturated carbocycles. The Morgan fingerprint density at radius 1 is 1.24 bits per heavy atom. The summed E-state index contributed by atoms with van der Waals surface area (Å²) in [6.45, 7) is 6.25. The average Bonchev–Trinajstić information content (AvgIpc) is 2.42. The molecule has 118 valence electrons. The number of esters is 1. The summed E-state index contributed by atoms with van der Waals surface area (Å²) >= 11 is 0. The minimum absolute atomic E-state index is 0.147. The van der Waals surface area contributed by atoms with Crippen molar-refractivity contribution in [2.24, 2.45) is 11.7 Å². The minimum Gasteiger partial charge on any atom is -0.497 e. The summed E-state index contributed by atoms with van der Waals surface area (Å²) in [6.07, 6.45) is 2.23. The number of nitrogens with two attached hydrogens (primary N) is 1. The number of hydrogen-bond acceptors (Lipinski definition) is 4. The van der Waals surface area contributed by atoms with E-state index < -0.39 is 5.60 Å². The molecule has 0 aromatic heterocycles. The molecule has 1 atom stereocenters. The van der Waals surface area contributed by atoms with E-state index in [1.165, 1.54) is 0 Å². The van der Waals surface area contributed by atoms with Gasteiger partial charge in [-0.15, -0.1) is 0 Å². The van der Waals surface area contributed by atoms with Crippen molar-refractivity contribution in [3.8, 4) is 5.75 Å². The van der Waals surface area contributed by atoms with Crippen LogP contribution in [0.2, 0.25) is 0 Å². The Bertz CT molecular complexity index is 434. The van der Waals surface area contributed by atoms with Gasteiger partial charge in [-0.25, -0.2) is 0 Å². The number of rotatable bonds is 7. The van der Waals surface area contributed by atoms with E-state index >= 15 is 0 Å². The van der Waals surface area contributed by atoms with E-state index in [1.54, 1.807) is 7.11 Å². The highest BCUT2D eigenvalue weighted by Crippen LogP contribution is 2.21. The van der Waals surface area contributed by atoms with Crippen molar-refractivity contribution in [1.82, 2.24) is 0 Å². The highest BCUT2D eigenvalue weighted by Gasteiger charge is 2.25. The van der Waals surface area contributed by atoms with Gasteiger partial charge in [-0.2, -0.15) is 0 Å². The summed E-state index contributed by atoms with van der Waals surface area (Å²) in [7, 11) is 1.64. The van der Waals surface area contributed by atoms with E-state index in [9.17, 15) is 4.79 Å². The molecule has 0 bridgehead atoms. The Balaban J connectivity index is 2.74. The number of carbonyl (C=O) groups is 1. The predicted molar refractivity (Wildman–Crippen MR) is 84.3 cm³/mol. The van der Waals surface area contributed by atoms with E-state index in [4.69, 9.17) is 15.2 Å². The lowest BCUT2D eigenvalue weighted by Gasteiger charge is -2.24. The SMILES string of the molecule is COc1ccc(CC(CCCN)C(=O)OC(C)(C)C)cc1. The van der Waals surface area contributed by atoms with Crippen LogP contribution in [-0.4, -0.2) is 25.2 Å².